The highest BCUT2D eigenvalue weighted by atomic mass is 35.5. The third-order valence-electron chi connectivity index (χ3n) is 4.93. The summed E-state index contributed by atoms with van der Waals surface area (Å²) < 4.78 is 0. The van der Waals surface area contributed by atoms with Crippen LogP contribution >= 0.6 is 11.6 Å². The monoisotopic (exact) mass is 337 g/mol. The van der Waals surface area contributed by atoms with E-state index >= 15 is 0 Å². The highest BCUT2D eigenvalue weighted by molar-refractivity contribution is 6.30. The molecule has 0 unspecified atom stereocenters. The van der Waals surface area contributed by atoms with Crippen molar-refractivity contribution in [2.75, 3.05) is 13.1 Å². The number of aliphatic carboxylic acids is 1. The Hall–Kier alpha value is -1.59. The highest BCUT2D eigenvalue weighted by Gasteiger charge is 2.50. The molecule has 1 heterocycles. The van der Waals surface area contributed by atoms with Crippen molar-refractivity contribution in [1.82, 2.24) is 4.90 Å². The summed E-state index contributed by atoms with van der Waals surface area (Å²) in [6, 6.07) is 7.17. The molecule has 2 fully saturated rings. The second-order valence-corrected chi connectivity index (χ2v) is 6.88. The molecule has 6 heteroatoms. The molecule has 3 rings (SSSR count). The number of likely N-dealkylation sites (tertiary alicyclic amines) is 1. The minimum Gasteiger partial charge on any atom is -0.481 e. The van der Waals surface area contributed by atoms with Gasteiger partial charge >= 0.3 is 5.97 Å². The van der Waals surface area contributed by atoms with Crippen LogP contribution in [0.15, 0.2) is 24.3 Å². The Labute approximate surface area is 139 Å². The number of benzene rings is 1. The first-order valence-electron chi connectivity index (χ1n) is 7.92. The summed E-state index contributed by atoms with van der Waals surface area (Å²) >= 11 is 5.86. The van der Waals surface area contributed by atoms with Gasteiger partial charge in [-0.3, -0.25) is 9.59 Å². The fraction of sp³-hybridized carbons (Fsp3) is 0.529. The number of hydrogen-bond acceptors (Lipinski definition) is 3. The minimum absolute atomic E-state index is 0.0446. The van der Waals surface area contributed by atoms with Crippen LogP contribution in [0.3, 0.4) is 0 Å². The Morgan fingerprint density at radius 3 is 2.26 bits per heavy atom. The number of amides is 1. The lowest BCUT2D eigenvalue weighted by Gasteiger charge is -2.34. The number of rotatable bonds is 4. The van der Waals surface area contributed by atoms with Gasteiger partial charge in [0.25, 0.3) is 0 Å². The standard InChI is InChI=1S/C17H20ClNO4/c18-12-3-1-10(2-4-12)15(20)11-5-7-19(8-6-11)16(21)13-9-14(13)17(22)23/h1-4,11,13-15,20H,5-9H2,(H,22,23)/t13-,14+,15+/m0/s1. The number of aliphatic hydroxyl groups is 1. The molecule has 0 bridgehead atoms. The second kappa shape index (κ2) is 6.49. The summed E-state index contributed by atoms with van der Waals surface area (Å²) in [7, 11) is 0. The first-order valence-corrected chi connectivity index (χ1v) is 8.30. The third kappa shape index (κ3) is 3.51. The zero-order valence-corrected chi connectivity index (χ0v) is 13.4. The van der Waals surface area contributed by atoms with Crippen LogP contribution in [0.2, 0.25) is 5.02 Å². The van der Waals surface area contributed by atoms with E-state index in [4.69, 9.17) is 16.7 Å². The van der Waals surface area contributed by atoms with Crippen molar-refractivity contribution >= 4 is 23.5 Å². The van der Waals surface area contributed by atoms with Gasteiger partial charge in [0.2, 0.25) is 5.91 Å². The molecule has 0 spiro atoms. The van der Waals surface area contributed by atoms with E-state index in [-0.39, 0.29) is 17.7 Å². The second-order valence-electron chi connectivity index (χ2n) is 6.45. The smallest absolute Gasteiger partial charge is 0.307 e. The number of piperidine rings is 1. The zero-order valence-electron chi connectivity index (χ0n) is 12.7. The van der Waals surface area contributed by atoms with Gasteiger partial charge in [-0.25, -0.2) is 0 Å². The van der Waals surface area contributed by atoms with Crippen LogP contribution in [0.1, 0.15) is 30.9 Å². The van der Waals surface area contributed by atoms with E-state index in [1.54, 1.807) is 17.0 Å². The topological polar surface area (TPSA) is 77.8 Å². The number of nitrogens with zero attached hydrogens (tertiary/aromatic N) is 1. The van der Waals surface area contributed by atoms with Crippen molar-refractivity contribution in [2.45, 2.75) is 25.4 Å². The van der Waals surface area contributed by atoms with E-state index in [2.05, 4.69) is 0 Å². The summed E-state index contributed by atoms with van der Waals surface area (Å²) in [5.41, 5.74) is 0.840. The Kier molecular flexibility index (Phi) is 4.60. The van der Waals surface area contributed by atoms with Crippen LogP contribution in [-0.2, 0) is 9.59 Å². The number of carbonyl (C=O) groups excluding carboxylic acids is 1. The molecule has 1 aliphatic heterocycles. The normalized spacial score (nSPS) is 25.9. The molecule has 3 atom stereocenters. The number of carboxylic acid groups (broad SMARTS) is 1. The van der Waals surface area contributed by atoms with Crippen molar-refractivity contribution in [2.24, 2.45) is 17.8 Å². The molecule has 1 aromatic rings. The lowest BCUT2D eigenvalue weighted by atomic mass is 9.87. The Balaban J connectivity index is 1.53. The number of carbonyl (C=O) groups is 2. The number of carboxylic acids is 1. The summed E-state index contributed by atoms with van der Waals surface area (Å²) in [6.45, 7) is 1.16. The van der Waals surface area contributed by atoms with Gasteiger partial charge in [0, 0.05) is 18.1 Å². The number of halogens is 1. The van der Waals surface area contributed by atoms with Crippen molar-refractivity contribution in [1.29, 1.82) is 0 Å². The van der Waals surface area contributed by atoms with Crippen LogP contribution < -0.4 is 0 Å². The maximum atomic E-state index is 12.2. The van der Waals surface area contributed by atoms with Gasteiger partial charge in [-0.15, -0.1) is 0 Å². The quantitative estimate of drug-likeness (QED) is 0.884. The highest BCUT2D eigenvalue weighted by Crippen LogP contribution is 2.41. The molecule has 23 heavy (non-hydrogen) atoms. The van der Waals surface area contributed by atoms with E-state index in [0.29, 0.717) is 24.5 Å². The minimum atomic E-state index is -0.878. The average molecular weight is 338 g/mol. The maximum absolute atomic E-state index is 12.2. The van der Waals surface area contributed by atoms with Crippen LogP contribution in [0.5, 0.6) is 0 Å². The summed E-state index contributed by atoms with van der Waals surface area (Å²) in [4.78, 5) is 24.9. The molecule has 1 saturated heterocycles. The third-order valence-corrected chi connectivity index (χ3v) is 5.19. The van der Waals surface area contributed by atoms with Crippen LogP contribution in [0.4, 0.5) is 0 Å². The van der Waals surface area contributed by atoms with Crippen molar-refractivity contribution in [3.05, 3.63) is 34.9 Å². The molecule has 2 N–H and O–H groups in total. The summed E-state index contributed by atoms with van der Waals surface area (Å²) in [5, 5.41) is 20.0. The van der Waals surface area contributed by atoms with Gasteiger partial charge in [-0.2, -0.15) is 0 Å². The molecule has 124 valence electrons. The van der Waals surface area contributed by atoms with Crippen LogP contribution in [0.25, 0.3) is 0 Å². The predicted octanol–water partition coefficient (Wildman–Crippen LogP) is 2.33. The summed E-state index contributed by atoms with van der Waals surface area (Å²) in [5.74, 6) is -1.66. The van der Waals surface area contributed by atoms with Crippen LogP contribution in [-0.4, -0.2) is 40.1 Å². The van der Waals surface area contributed by atoms with Gasteiger partial charge in [0.15, 0.2) is 0 Å². The maximum Gasteiger partial charge on any atom is 0.307 e. The lowest BCUT2D eigenvalue weighted by Crippen LogP contribution is -2.41. The van der Waals surface area contributed by atoms with E-state index in [0.717, 1.165) is 18.4 Å². The van der Waals surface area contributed by atoms with Crippen molar-refractivity contribution in [3.63, 3.8) is 0 Å². The Morgan fingerprint density at radius 1 is 1.13 bits per heavy atom. The van der Waals surface area contributed by atoms with Gasteiger partial charge in [0.05, 0.1) is 17.9 Å². The molecular weight excluding hydrogens is 318 g/mol. The van der Waals surface area contributed by atoms with Crippen LogP contribution in [0, 0.1) is 17.8 Å². The van der Waals surface area contributed by atoms with E-state index in [1.807, 2.05) is 12.1 Å². The number of aliphatic hydroxyl groups excluding tert-OH is 1. The van der Waals surface area contributed by atoms with Crippen molar-refractivity contribution < 1.29 is 19.8 Å². The fourth-order valence-electron chi connectivity index (χ4n) is 3.34. The van der Waals surface area contributed by atoms with Gasteiger partial charge < -0.3 is 15.1 Å². The molecule has 1 aliphatic carbocycles. The van der Waals surface area contributed by atoms with Gasteiger partial charge in [-0.05, 0) is 42.9 Å². The van der Waals surface area contributed by atoms with Gasteiger partial charge in [-0.1, -0.05) is 23.7 Å². The molecule has 1 amide bonds. The van der Waals surface area contributed by atoms with E-state index < -0.39 is 18.0 Å². The largest absolute Gasteiger partial charge is 0.481 e. The lowest BCUT2D eigenvalue weighted by molar-refractivity contribution is -0.142. The average Bonchev–Trinajstić information content (AvgIpc) is 3.35. The molecule has 0 radical (unpaired) electrons. The Morgan fingerprint density at radius 2 is 1.74 bits per heavy atom. The zero-order chi connectivity index (χ0) is 16.6. The molecular formula is C17H20ClNO4. The van der Waals surface area contributed by atoms with Gasteiger partial charge in [0.1, 0.15) is 0 Å². The molecule has 1 saturated carbocycles. The number of hydrogen-bond donors (Lipinski definition) is 2. The molecule has 0 aromatic heterocycles. The first-order chi connectivity index (χ1) is 11.0. The van der Waals surface area contributed by atoms with E-state index in [1.165, 1.54) is 0 Å². The molecule has 1 aromatic carbocycles. The molecule has 2 aliphatic rings. The fourth-order valence-corrected chi connectivity index (χ4v) is 3.47. The van der Waals surface area contributed by atoms with Crippen molar-refractivity contribution in [3.8, 4) is 0 Å². The predicted molar refractivity (Wildman–Crippen MR) is 84.9 cm³/mol. The molecule has 5 nitrogen and oxygen atoms in total. The first kappa shape index (κ1) is 16.3. The Bertz CT molecular complexity index is 595. The SMILES string of the molecule is O=C(O)[C@@H]1C[C@@H]1C(=O)N1CCC([C@H](O)c2ccc(Cl)cc2)CC1. The summed E-state index contributed by atoms with van der Waals surface area (Å²) in [6.07, 6.45) is 1.35. The van der Waals surface area contributed by atoms with E-state index in [9.17, 15) is 14.7 Å².